The van der Waals surface area contributed by atoms with Gasteiger partial charge in [0.05, 0.1) is 0 Å². The van der Waals surface area contributed by atoms with E-state index in [4.69, 9.17) is 0 Å². The van der Waals surface area contributed by atoms with Gasteiger partial charge in [-0.1, -0.05) is 25.1 Å². The third kappa shape index (κ3) is 5.25. The van der Waals surface area contributed by atoms with Gasteiger partial charge >= 0.3 is 6.03 Å². The number of carbonyl (C=O) groups excluding carboxylic acids is 2. The van der Waals surface area contributed by atoms with E-state index in [9.17, 15) is 9.59 Å². The van der Waals surface area contributed by atoms with Gasteiger partial charge in [0.1, 0.15) is 6.54 Å². The van der Waals surface area contributed by atoms with Crippen molar-refractivity contribution in [1.82, 2.24) is 20.0 Å². The summed E-state index contributed by atoms with van der Waals surface area (Å²) in [6.45, 7) is 12.4. The first kappa shape index (κ1) is 20.6. The number of amides is 3. The molecule has 154 valence electrons. The summed E-state index contributed by atoms with van der Waals surface area (Å²) in [5.74, 6) is 0.548. The van der Waals surface area contributed by atoms with E-state index in [1.807, 2.05) is 4.90 Å². The number of rotatable bonds is 6. The van der Waals surface area contributed by atoms with Gasteiger partial charge in [-0.25, -0.2) is 4.79 Å². The molecule has 1 aromatic rings. The van der Waals surface area contributed by atoms with E-state index in [0.29, 0.717) is 32.1 Å². The fraction of sp³-hybridized carbons (Fsp3) is 0.636. The van der Waals surface area contributed by atoms with Crippen LogP contribution in [0.15, 0.2) is 18.2 Å². The molecule has 2 aliphatic rings. The van der Waals surface area contributed by atoms with Crippen LogP contribution in [0.5, 0.6) is 0 Å². The molecule has 2 aliphatic heterocycles. The van der Waals surface area contributed by atoms with Gasteiger partial charge in [0, 0.05) is 32.7 Å². The molecule has 28 heavy (non-hydrogen) atoms. The highest BCUT2D eigenvalue weighted by Gasteiger charge is 2.28. The van der Waals surface area contributed by atoms with E-state index < -0.39 is 0 Å². The molecule has 0 aromatic heterocycles. The minimum absolute atomic E-state index is 0.0228. The van der Waals surface area contributed by atoms with Crippen LogP contribution in [0.25, 0.3) is 0 Å². The minimum Gasteiger partial charge on any atom is -0.338 e. The van der Waals surface area contributed by atoms with Crippen molar-refractivity contribution in [2.24, 2.45) is 5.92 Å². The van der Waals surface area contributed by atoms with E-state index in [1.165, 1.54) is 17.5 Å². The quantitative estimate of drug-likeness (QED) is 0.817. The van der Waals surface area contributed by atoms with E-state index in [1.54, 1.807) is 4.90 Å². The fourth-order valence-corrected chi connectivity index (χ4v) is 4.11. The molecule has 1 N–H and O–H groups in total. The van der Waals surface area contributed by atoms with Gasteiger partial charge < -0.3 is 20.0 Å². The standard InChI is InChI=1S/C22H34N4O2/c1-4-8-24-9-7-20(14-24)13-23-22(28)26-11-10-25(21(27)16-26)15-19-6-5-17(2)18(3)12-19/h5-6,12,20H,4,7-11,13-16H2,1-3H3,(H,23,28). The average molecular weight is 387 g/mol. The van der Waals surface area contributed by atoms with Crippen molar-refractivity contribution < 1.29 is 9.59 Å². The summed E-state index contributed by atoms with van der Waals surface area (Å²) in [5.41, 5.74) is 3.65. The number of hydrogen-bond acceptors (Lipinski definition) is 3. The third-order valence-corrected chi connectivity index (χ3v) is 6.00. The molecule has 0 aliphatic carbocycles. The molecule has 3 amide bonds. The summed E-state index contributed by atoms with van der Waals surface area (Å²) < 4.78 is 0. The van der Waals surface area contributed by atoms with Crippen molar-refractivity contribution in [3.05, 3.63) is 34.9 Å². The molecule has 3 rings (SSSR count). The van der Waals surface area contributed by atoms with Crippen LogP contribution in [0.4, 0.5) is 4.79 Å². The zero-order valence-corrected chi connectivity index (χ0v) is 17.5. The lowest BCUT2D eigenvalue weighted by Crippen LogP contribution is -2.54. The Kier molecular flexibility index (Phi) is 6.94. The first-order chi connectivity index (χ1) is 13.5. The maximum absolute atomic E-state index is 12.5. The summed E-state index contributed by atoms with van der Waals surface area (Å²) in [4.78, 5) is 31.0. The SMILES string of the molecule is CCCN1CCC(CNC(=O)N2CCN(Cc3ccc(C)c(C)c3)C(=O)C2)C1. The maximum Gasteiger partial charge on any atom is 0.317 e. The summed E-state index contributed by atoms with van der Waals surface area (Å²) in [6, 6.07) is 6.22. The van der Waals surface area contributed by atoms with Crippen molar-refractivity contribution in [3.8, 4) is 0 Å². The van der Waals surface area contributed by atoms with Crippen molar-refractivity contribution in [2.75, 3.05) is 45.8 Å². The van der Waals surface area contributed by atoms with Crippen LogP contribution < -0.4 is 5.32 Å². The Hall–Kier alpha value is -2.08. The van der Waals surface area contributed by atoms with Gasteiger partial charge in [-0.2, -0.15) is 0 Å². The van der Waals surface area contributed by atoms with Crippen LogP contribution in [0.2, 0.25) is 0 Å². The molecule has 0 saturated carbocycles. The number of hydrogen-bond donors (Lipinski definition) is 1. The number of benzene rings is 1. The Morgan fingerprint density at radius 3 is 2.71 bits per heavy atom. The molecule has 6 nitrogen and oxygen atoms in total. The lowest BCUT2D eigenvalue weighted by Gasteiger charge is -2.34. The summed E-state index contributed by atoms with van der Waals surface area (Å²) >= 11 is 0. The number of nitrogens with zero attached hydrogens (tertiary/aromatic N) is 3. The number of piperazine rings is 1. The second kappa shape index (κ2) is 9.41. The van der Waals surface area contributed by atoms with Crippen molar-refractivity contribution in [1.29, 1.82) is 0 Å². The minimum atomic E-state index is -0.104. The zero-order valence-electron chi connectivity index (χ0n) is 17.5. The van der Waals surface area contributed by atoms with Gasteiger partial charge in [-0.3, -0.25) is 4.79 Å². The molecular weight excluding hydrogens is 352 g/mol. The highest BCUT2D eigenvalue weighted by atomic mass is 16.2. The van der Waals surface area contributed by atoms with Crippen LogP contribution in [0, 0.1) is 19.8 Å². The zero-order chi connectivity index (χ0) is 20.1. The lowest BCUT2D eigenvalue weighted by atomic mass is 10.1. The summed E-state index contributed by atoms with van der Waals surface area (Å²) in [7, 11) is 0. The maximum atomic E-state index is 12.5. The predicted molar refractivity (Wildman–Crippen MR) is 111 cm³/mol. The van der Waals surface area contributed by atoms with Crippen LogP contribution in [-0.2, 0) is 11.3 Å². The smallest absolute Gasteiger partial charge is 0.317 e. The van der Waals surface area contributed by atoms with Gasteiger partial charge in [-0.05, 0) is 62.4 Å². The second-order valence-electron chi connectivity index (χ2n) is 8.30. The van der Waals surface area contributed by atoms with Gasteiger partial charge in [0.25, 0.3) is 0 Å². The average Bonchev–Trinajstić information content (AvgIpc) is 3.12. The molecule has 2 heterocycles. The number of likely N-dealkylation sites (tertiary alicyclic amines) is 1. The van der Waals surface area contributed by atoms with Crippen molar-refractivity contribution in [3.63, 3.8) is 0 Å². The van der Waals surface area contributed by atoms with Gasteiger partial charge in [-0.15, -0.1) is 0 Å². The first-order valence-corrected chi connectivity index (χ1v) is 10.5. The van der Waals surface area contributed by atoms with E-state index in [0.717, 1.165) is 31.6 Å². The van der Waals surface area contributed by atoms with Crippen LogP contribution in [0.3, 0.4) is 0 Å². The van der Waals surface area contributed by atoms with E-state index in [-0.39, 0.29) is 18.5 Å². The highest BCUT2D eigenvalue weighted by molar-refractivity contribution is 5.85. The largest absolute Gasteiger partial charge is 0.338 e. The Labute approximate surface area is 168 Å². The summed E-state index contributed by atoms with van der Waals surface area (Å²) in [5, 5.41) is 3.05. The molecule has 2 fully saturated rings. The molecule has 1 aromatic carbocycles. The monoisotopic (exact) mass is 386 g/mol. The lowest BCUT2D eigenvalue weighted by molar-refractivity contribution is -0.135. The van der Waals surface area contributed by atoms with Gasteiger partial charge in [0.15, 0.2) is 0 Å². The molecule has 1 atom stereocenters. The predicted octanol–water partition coefficient (Wildman–Crippen LogP) is 2.39. The van der Waals surface area contributed by atoms with Gasteiger partial charge in [0.2, 0.25) is 5.91 Å². The molecule has 0 spiro atoms. The van der Waals surface area contributed by atoms with Crippen LogP contribution >= 0.6 is 0 Å². The second-order valence-corrected chi connectivity index (χ2v) is 8.30. The first-order valence-electron chi connectivity index (χ1n) is 10.5. The van der Waals surface area contributed by atoms with E-state index >= 15 is 0 Å². The molecule has 0 radical (unpaired) electrons. The molecular formula is C22H34N4O2. The van der Waals surface area contributed by atoms with Crippen LogP contribution in [-0.4, -0.2) is 72.5 Å². The molecule has 0 bridgehead atoms. The van der Waals surface area contributed by atoms with Crippen molar-refractivity contribution >= 4 is 11.9 Å². The Bertz CT molecular complexity index is 706. The summed E-state index contributed by atoms with van der Waals surface area (Å²) in [6.07, 6.45) is 2.32. The molecule has 2 saturated heterocycles. The highest BCUT2D eigenvalue weighted by Crippen LogP contribution is 2.16. The molecule has 1 unspecified atom stereocenters. The Morgan fingerprint density at radius 2 is 2.00 bits per heavy atom. The van der Waals surface area contributed by atoms with Crippen LogP contribution in [0.1, 0.15) is 36.5 Å². The molecule has 6 heteroatoms. The Balaban J connectivity index is 1.43. The third-order valence-electron chi connectivity index (χ3n) is 6.00. The Morgan fingerprint density at radius 1 is 1.18 bits per heavy atom. The normalized spacial score (nSPS) is 20.7. The van der Waals surface area contributed by atoms with Crippen molar-refractivity contribution in [2.45, 2.75) is 40.2 Å². The number of carbonyl (C=O) groups is 2. The fourth-order valence-electron chi connectivity index (χ4n) is 4.11. The van der Waals surface area contributed by atoms with E-state index in [2.05, 4.69) is 49.2 Å². The number of aryl methyl sites for hydroxylation is 2. The number of nitrogens with one attached hydrogen (secondary N) is 1. The topological polar surface area (TPSA) is 55.9 Å². The number of urea groups is 1.